The molecule has 41 heavy (non-hydrogen) atoms. The van der Waals surface area contributed by atoms with Crippen LogP contribution in [0.15, 0.2) is 48.6 Å². The van der Waals surface area contributed by atoms with Crippen LogP contribution in [0.2, 0.25) is 0 Å². The Bertz CT molecular complexity index is 861. The van der Waals surface area contributed by atoms with E-state index >= 15 is 0 Å². The first kappa shape index (κ1) is 39.0. The zero-order valence-corrected chi connectivity index (χ0v) is 26.9. The molecule has 0 heterocycles. The molecule has 0 aromatic rings. The minimum absolute atomic E-state index is 0.0453. The summed E-state index contributed by atoms with van der Waals surface area (Å²) < 4.78 is 33.2. The Morgan fingerprint density at radius 2 is 1.39 bits per heavy atom. The molecule has 0 aliphatic rings. The second-order valence-corrected chi connectivity index (χ2v) is 12.1. The van der Waals surface area contributed by atoms with E-state index in [9.17, 15) is 19.0 Å². The van der Waals surface area contributed by atoms with Gasteiger partial charge < -0.3 is 27.9 Å². The highest BCUT2D eigenvalue weighted by Gasteiger charge is 2.21. The highest BCUT2D eigenvalue weighted by Crippen LogP contribution is 2.38. The molecular weight excluding hydrogens is 545 g/mol. The van der Waals surface area contributed by atoms with E-state index in [0.29, 0.717) is 23.9 Å². The molecule has 0 N–H and O–H groups in total. The second-order valence-electron chi connectivity index (χ2n) is 10.7. The normalized spacial score (nSPS) is 14.8. The standard InChI is InChI=1S/C31H54NO8P/c1-6-8-10-12-13-14-15-16-17-18-19-20-22-24-31(34)40-29(27-37-30(33)23-21-11-9-7-2)28-39-41(35,36)38-26-25-32(3,4)5/h8,10,13-14,16-17,19-20,29H,6-7,9,11-12,15,18,21-28H2,1-5H3/b10-8-,14-13-,17-16-,20-19-. The monoisotopic (exact) mass is 599 g/mol. The molecule has 0 radical (unpaired) electrons. The lowest BCUT2D eigenvalue weighted by Crippen LogP contribution is -2.37. The molecule has 2 unspecified atom stereocenters. The first-order chi connectivity index (χ1) is 19.5. The zero-order chi connectivity index (χ0) is 30.8. The molecule has 0 amide bonds. The predicted octanol–water partition coefficient (Wildman–Crippen LogP) is 6.20. The zero-order valence-electron chi connectivity index (χ0n) is 26.0. The van der Waals surface area contributed by atoms with Gasteiger partial charge in [-0.3, -0.25) is 14.2 Å². The van der Waals surface area contributed by atoms with E-state index in [0.717, 1.165) is 44.9 Å². The average Bonchev–Trinajstić information content (AvgIpc) is 2.90. The molecule has 0 saturated carbocycles. The number of hydrogen-bond acceptors (Lipinski definition) is 8. The summed E-state index contributed by atoms with van der Waals surface area (Å²) in [5, 5.41) is 0. The minimum Gasteiger partial charge on any atom is -0.756 e. The minimum atomic E-state index is -4.62. The maximum absolute atomic E-state index is 12.4. The van der Waals surface area contributed by atoms with Crippen LogP contribution in [-0.2, 0) is 32.7 Å². The molecule has 0 aromatic heterocycles. The van der Waals surface area contributed by atoms with Gasteiger partial charge in [0.05, 0.1) is 27.7 Å². The Labute approximate surface area is 248 Å². The number of unbranched alkanes of at least 4 members (excludes halogenated alkanes) is 3. The summed E-state index contributed by atoms with van der Waals surface area (Å²) in [5.41, 5.74) is 0. The first-order valence-corrected chi connectivity index (χ1v) is 16.3. The third-order valence-electron chi connectivity index (χ3n) is 5.63. The Kier molecular flexibility index (Phi) is 23.3. The summed E-state index contributed by atoms with van der Waals surface area (Å²) in [5.74, 6) is -0.960. The number of carbonyl (C=O) groups is 2. The van der Waals surface area contributed by atoms with Crippen molar-refractivity contribution in [3.05, 3.63) is 48.6 Å². The van der Waals surface area contributed by atoms with Gasteiger partial charge in [-0.1, -0.05) is 81.7 Å². The lowest BCUT2D eigenvalue weighted by molar-refractivity contribution is -0.870. The topological polar surface area (TPSA) is 111 Å². The molecule has 0 aliphatic heterocycles. The first-order valence-electron chi connectivity index (χ1n) is 14.8. The molecule has 0 aromatic carbocycles. The van der Waals surface area contributed by atoms with Gasteiger partial charge in [0.15, 0.2) is 6.10 Å². The van der Waals surface area contributed by atoms with E-state index < -0.39 is 32.5 Å². The Balaban J connectivity index is 4.64. The number of rotatable bonds is 25. The summed E-state index contributed by atoms with van der Waals surface area (Å²) in [7, 11) is 1.11. The number of ether oxygens (including phenoxy) is 2. The molecular formula is C31H54NO8P. The highest BCUT2D eigenvalue weighted by atomic mass is 31.2. The molecule has 9 nitrogen and oxygen atoms in total. The van der Waals surface area contributed by atoms with Gasteiger partial charge in [0.1, 0.15) is 19.8 Å². The number of allylic oxidation sites excluding steroid dienone is 8. The number of carbonyl (C=O) groups excluding carboxylic acids is 2. The Morgan fingerprint density at radius 1 is 0.780 bits per heavy atom. The third kappa shape index (κ3) is 27.9. The molecule has 2 atom stereocenters. The number of likely N-dealkylation sites (N-methyl/N-ethyl adjacent to an activating group) is 1. The van der Waals surface area contributed by atoms with Crippen LogP contribution < -0.4 is 4.89 Å². The fourth-order valence-electron chi connectivity index (χ4n) is 3.25. The third-order valence-corrected chi connectivity index (χ3v) is 6.59. The van der Waals surface area contributed by atoms with Crippen molar-refractivity contribution in [1.82, 2.24) is 0 Å². The number of hydrogen-bond donors (Lipinski definition) is 0. The van der Waals surface area contributed by atoms with Crippen molar-refractivity contribution in [2.45, 2.75) is 90.6 Å². The van der Waals surface area contributed by atoms with E-state index in [2.05, 4.69) is 50.3 Å². The summed E-state index contributed by atoms with van der Waals surface area (Å²) in [4.78, 5) is 36.6. The molecule has 0 rings (SSSR count). The lowest BCUT2D eigenvalue weighted by Gasteiger charge is -2.28. The van der Waals surface area contributed by atoms with E-state index in [1.165, 1.54) is 0 Å². The van der Waals surface area contributed by atoms with Crippen LogP contribution in [0.4, 0.5) is 0 Å². The van der Waals surface area contributed by atoms with Crippen molar-refractivity contribution in [2.24, 2.45) is 0 Å². The van der Waals surface area contributed by atoms with Crippen LogP contribution in [0.1, 0.15) is 84.5 Å². The lowest BCUT2D eigenvalue weighted by atomic mass is 10.2. The van der Waals surface area contributed by atoms with Crippen molar-refractivity contribution in [2.75, 3.05) is 47.5 Å². The number of nitrogens with zero attached hydrogens (tertiary/aromatic N) is 1. The molecule has 10 heteroatoms. The van der Waals surface area contributed by atoms with Crippen LogP contribution in [0.3, 0.4) is 0 Å². The van der Waals surface area contributed by atoms with Gasteiger partial charge in [-0.25, -0.2) is 0 Å². The molecule has 0 aliphatic carbocycles. The second kappa shape index (κ2) is 24.6. The van der Waals surface area contributed by atoms with E-state index in [1.807, 2.05) is 33.3 Å². The number of phosphoric ester groups is 1. The van der Waals surface area contributed by atoms with Gasteiger partial charge in [-0.05, 0) is 38.5 Å². The van der Waals surface area contributed by atoms with Gasteiger partial charge in [-0.15, -0.1) is 0 Å². The quantitative estimate of drug-likeness (QED) is 0.0401. The van der Waals surface area contributed by atoms with Gasteiger partial charge in [-0.2, -0.15) is 0 Å². The van der Waals surface area contributed by atoms with Crippen LogP contribution in [0.5, 0.6) is 0 Å². The van der Waals surface area contributed by atoms with Crippen molar-refractivity contribution in [1.29, 1.82) is 0 Å². The van der Waals surface area contributed by atoms with Crippen LogP contribution in [0.25, 0.3) is 0 Å². The van der Waals surface area contributed by atoms with Gasteiger partial charge in [0.2, 0.25) is 0 Å². The van der Waals surface area contributed by atoms with Crippen molar-refractivity contribution < 1.29 is 42.1 Å². The summed E-state index contributed by atoms with van der Waals surface area (Å²) >= 11 is 0. The van der Waals surface area contributed by atoms with Gasteiger partial charge in [0.25, 0.3) is 7.82 Å². The fourth-order valence-corrected chi connectivity index (χ4v) is 3.98. The van der Waals surface area contributed by atoms with Crippen LogP contribution >= 0.6 is 7.82 Å². The molecule has 0 saturated heterocycles. The SMILES string of the molecule is CC/C=C\C/C=C\C/C=C\C/C=C\CCC(=O)OC(COC(=O)CCCCCC)COP(=O)([O-])OCC[N+](C)(C)C. The van der Waals surface area contributed by atoms with Gasteiger partial charge in [0, 0.05) is 12.8 Å². The van der Waals surface area contributed by atoms with Crippen molar-refractivity contribution in [3.8, 4) is 0 Å². The largest absolute Gasteiger partial charge is 0.756 e. The highest BCUT2D eigenvalue weighted by molar-refractivity contribution is 7.45. The average molecular weight is 600 g/mol. The summed E-state index contributed by atoms with van der Waals surface area (Å²) in [6.07, 6.45) is 23.7. The molecule has 0 fully saturated rings. The smallest absolute Gasteiger partial charge is 0.306 e. The van der Waals surface area contributed by atoms with Crippen LogP contribution in [0, 0.1) is 0 Å². The number of phosphoric acid groups is 1. The fraction of sp³-hybridized carbons (Fsp3) is 0.677. The maximum Gasteiger partial charge on any atom is 0.306 e. The number of quaternary nitrogens is 1. The molecule has 0 spiro atoms. The van der Waals surface area contributed by atoms with Gasteiger partial charge >= 0.3 is 11.9 Å². The summed E-state index contributed by atoms with van der Waals surface area (Å²) in [6.45, 7) is 3.82. The Morgan fingerprint density at radius 3 is 1.98 bits per heavy atom. The number of esters is 2. The van der Waals surface area contributed by atoms with Crippen molar-refractivity contribution in [3.63, 3.8) is 0 Å². The predicted molar refractivity (Wildman–Crippen MR) is 162 cm³/mol. The van der Waals surface area contributed by atoms with E-state index in [-0.39, 0.29) is 26.1 Å². The molecule has 236 valence electrons. The Hall–Kier alpha value is -2.03. The maximum atomic E-state index is 12.4. The summed E-state index contributed by atoms with van der Waals surface area (Å²) in [6, 6.07) is 0. The van der Waals surface area contributed by atoms with E-state index in [4.69, 9.17) is 18.5 Å². The van der Waals surface area contributed by atoms with Crippen molar-refractivity contribution >= 4 is 19.8 Å². The van der Waals surface area contributed by atoms with Crippen LogP contribution in [-0.4, -0.2) is 70.0 Å². The molecule has 0 bridgehead atoms. The van der Waals surface area contributed by atoms with E-state index in [1.54, 1.807) is 0 Å².